The third kappa shape index (κ3) is 1.69. The Kier molecular flexibility index (Phi) is 2.40. The highest BCUT2D eigenvalue weighted by molar-refractivity contribution is 5.67. The first-order valence-corrected chi connectivity index (χ1v) is 4.23. The van der Waals surface area contributed by atoms with Crippen LogP contribution in [0, 0.1) is 0 Å². The van der Waals surface area contributed by atoms with Gasteiger partial charge in [-0.3, -0.25) is 9.97 Å². The number of methoxy groups -OCH3 is 1. The molecule has 0 aromatic carbocycles. The van der Waals surface area contributed by atoms with Crippen molar-refractivity contribution >= 4 is 5.82 Å². The summed E-state index contributed by atoms with van der Waals surface area (Å²) in [7, 11) is 1.51. The molecule has 0 saturated carbocycles. The first kappa shape index (κ1) is 9.32. The van der Waals surface area contributed by atoms with Crippen LogP contribution in [-0.2, 0) is 0 Å². The van der Waals surface area contributed by atoms with Crippen LogP contribution in [0.5, 0.6) is 5.75 Å². The second kappa shape index (κ2) is 3.87. The van der Waals surface area contributed by atoms with E-state index in [1.54, 1.807) is 18.6 Å². The van der Waals surface area contributed by atoms with Gasteiger partial charge in [-0.1, -0.05) is 0 Å². The summed E-state index contributed by atoms with van der Waals surface area (Å²) in [4.78, 5) is 15.9. The van der Waals surface area contributed by atoms with Gasteiger partial charge in [0.15, 0.2) is 11.6 Å². The smallest absolute Gasteiger partial charge is 0.189 e. The van der Waals surface area contributed by atoms with Crippen molar-refractivity contribution in [3.05, 3.63) is 24.9 Å². The van der Waals surface area contributed by atoms with Gasteiger partial charge in [0.05, 0.1) is 13.3 Å². The first-order chi connectivity index (χ1) is 7.33. The van der Waals surface area contributed by atoms with Gasteiger partial charge >= 0.3 is 0 Å². The minimum absolute atomic E-state index is 0.285. The number of nitrogens with two attached hydrogens (primary N) is 1. The average Bonchev–Trinajstić information content (AvgIpc) is 2.30. The van der Waals surface area contributed by atoms with Gasteiger partial charge in [0.2, 0.25) is 0 Å². The van der Waals surface area contributed by atoms with Crippen molar-refractivity contribution in [1.82, 2.24) is 19.9 Å². The number of hydrogen-bond donors (Lipinski definition) is 1. The Morgan fingerprint density at radius 2 is 2.07 bits per heavy atom. The van der Waals surface area contributed by atoms with Gasteiger partial charge in [-0.15, -0.1) is 0 Å². The third-order valence-electron chi connectivity index (χ3n) is 1.84. The van der Waals surface area contributed by atoms with Crippen LogP contribution in [0.2, 0.25) is 0 Å². The maximum absolute atomic E-state index is 5.64. The monoisotopic (exact) mass is 203 g/mol. The molecule has 2 aromatic rings. The largest absolute Gasteiger partial charge is 0.491 e. The second-order valence-electron chi connectivity index (χ2n) is 2.73. The predicted octanol–water partition coefficient (Wildman–Crippen LogP) is 0.524. The van der Waals surface area contributed by atoms with E-state index in [4.69, 9.17) is 10.5 Å². The zero-order valence-electron chi connectivity index (χ0n) is 8.08. The van der Waals surface area contributed by atoms with Crippen LogP contribution in [-0.4, -0.2) is 27.0 Å². The SMILES string of the molecule is COc1c(N)ncnc1-c1cnccn1. The normalized spacial score (nSPS) is 9.93. The minimum atomic E-state index is 0.285. The molecule has 2 heterocycles. The fourth-order valence-corrected chi connectivity index (χ4v) is 1.19. The molecule has 0 aliphatic heterocycles. The van der Waals surface area contributed by atoms with E-state index >= 15 is 0 Å². The Bertz CT molecular complexity index is 459. The van der Waals surface area contributed by atoms with E-state index in [1.165, 1.54) is 13.4 Å². The minimum Gasteiger partial charge on any atom is -0.491 e. The molecule has 15 heavy (non-hydrogen) atoms. The summed E-state index contributed by atoms with van der Waals surface area (Å²) in [6.07, 6.45) is 6.11. The molecule has 0 radical (unpaired) electrons. The molecule has 2 aromatic heterocycles. The van der Waals surface area contributed by atoms with Gasteiger partial charge in [-0.05, 0) is 0 Å². The summed E-state index contributed by atoms with van der Waals surface area (Å²) in [6.45, 7) is 0. The van der Waals surface area contributed by atoms with Crippen molar-refractivity contribution in [2.24, 2.45) is 0 Å². The average molecular weight is 203 g/mol. The quantitative estimate of drug-likeness (QED) is 0.765. The summed E-state index contributed by atoms with van der Waals surface area (Å²) < 4.78 is 5.11. The van der Waals surface area contributed by atoms with Gasteiger partial charge in [-0.2, -0.15) is 0 Å². The van der Waals surface area contributed by atoms with E-state index in [9.17, 15) is 0 Å². The lowest BCUT2D eigenvalue weighted by molar-refractivity contribution is 0.415. The lowest BCUT2D eigenvalue weighted by atomic mass is 10.3. The van der Waals surface area contributed by atoms with Crippen LogP contribution < -0.4 is 10.5 Å². The van der Waals surface area contributed by atoms with Gasteiger partial charge in [0.1, 0.15) is 17.7 Å². The number of rotatable bonds is 2. The summed E-state index contributed by atoms with van der Waals surface area (Å²) in [6, 6.07) is 0. The van der Waals surface area contributed by atoms with Crippen LogP contribution >= 0.6 is 0 Å². The molecule has 0 saturated heterocycles. The fourth-order valence-electron chi connectivity index (χ4n) is 1.19. The van der Waals surface area contributed by atoms with Crippen LogP contribution in [0.4, 0.5) is 5.82 Å². The van der Waals surface area contributed by atoms with Crippen molar-refractivity contribution < 1.29 is 4.74 Å². The molecular weight excluding hydrogens is 194 g/mol. The number of ether oxygens (including phenoxy) is 1. The van der Waals surface area contributed by atoms with E-state index in [-0.39, 0.29) is 5.82 Å². The molecule has 6 heteroatoms. The van der Waals surface area contributed by atoms with Crippen LogP contribution in [0.25, 0.3) is 11.4 Å². The number of anilines is 1. The highest BCUT2D eigenvalue weighted by atomic mass is 16.5. The summed E-state index contributed by atoms with van der Waals surface area (Å²) >= 11 is 0. The highest BCUT2D eigenvalue weighted by Gasteiger charge is 2.12. The molecule has 0 fully saturated rings. The Morgan fingerprint density at radius 3 is 2.73 bits per heavy atom. The lowest BCUT2D eigenvalue weighted by Crippen LogP contribution is -2.00. The first-order valence-electron chi connectivity index (χ1n) is 4.23. The van der Waals surface area contributed by atoms with Gasteiger partial charge in [0.25, 0.3) is 0 Å². The van der Waals surface area contributed by atoms with Crippen molar-refractivity contribution in [2.75, 3.05) is 12.8 Å². The van der Waals surface area contributed by atoms with Crippen molar-refractivity contribution in [3.8, 4) is 17.1 Å². The van der Waals surface area contributed by atoms with Crippen molar-refractivity contribution in [2.45, 2.75) is 0 Å². The fraction of sp³-hybridized carbons (Fsp3) is 0.111. The van der Waals surface area contributed by atoms with Gasteiger partial charge < -0.3 is 10.5 Å². The van der Waals surface area contributed by atoms with E-state index in [0.717, 1.165) is 0 Å². The number of nitrogen functional groups attached to an aromatic ring is 1. The van der Waals surface area contributed by atoms with Crippen LogP contribution in [0.15, 0.2) is 24.9 Å². The maximum Gasteiger partial charge on any atom is 0.189 e. The number of aromatic nitrogens is 4. The third-order valence-corrected chi connectivity index (χ3v) is 1.84. The molecule has 0 spiro atoms. The summed E-state index contributed by atoms with van der Waals surface area (Å²) in [5.74, 6) is 0.700. The standard InChI is InChI=1S/C9H9N5O/c1-15-8-7(13-5-14-9(8)10)6-4-11-2-3-12-6/h2-5H,1H3,(H2,10,13,14). The van der Waals surface area contributed by atoms with Gasteiger partial charge in [0, 0.05) is 12.4 Å². The summed E-state index contributed by atoms with van der Waals surface area (Å²) in [5, 5.41) is 0. The Balaban J connectivity index is 2.58. The number of nitrogens with zero attached hydrogens (tertiary/aromatic N) is 4. The van der Waals surface area contributed by atoms with E-state index in [1.807, 2.05) is 0 Å². The summed E-state index contributed by atoms with van der Waals surface area (Å²) in [5.41, 5.74) is 6.79. The van der Waals surface area contributed by atoms with Crippen molar-refractivity contribution in [3.63, 3.8) is 0 Å². The van der Waals surface area contributed by atoms with E-state index in [0.29, 0.717) is 17.1 Å². The van der Waals surface area contributed by atoms with E-state index < -0.39 is 0 Å². The molecule has 6 nitrogen and oxygen atoms in total. The predicted molar refractivity (Wildman–Crippen MR) is 54.0 cm³/mol. The molecule has 0 atom stereocenters. The van der Waals surface area contributed by atoms with Crippen molar-refractivity contribution in [1.29, 1.82) is 0 Å². The molecule has 0 bridgehead atoms. The highest BCUT2D eigenvalue weighted by Crippen LogP contribution is 2.28. The van der Waals surface area contributed by atoms with Crippen LogP contribution in [0.3, 0.4) is 0 Å². The topological polar surface area (TPSA) is 86.8 Å². The molecule has 76 valence electrons. The zero-order chi connectivity index (χ0) is 10.7. The van der Waals surface area contributed by atoms with E-state index in [2.05, 4.69) is 19.9 Å². The lowest BCUT2D eigenvalue weighted by Gasteiger charge is -2.07. The Labute approximate surface area is 86.2 Å². The molecule has 0 amide bonds. The van der Waals surface area contributed by atoms with Gasteiger partial charge in [-0.25, -0.2) is 9.97 Å². The number of hydrogen-bond acceptors (Lipinski definition) is 6. The molecular formula is C9H9N5O. The molecule has 2 N–H and O–H groups in total. The molecule has 2 rings (SSSR count). The second-order valence-corrected chi connectivity index (χ2v) is 2.73. The molecule has 0 aliphatic carbocycles. The van der Waals surface area contributed by atoms with Crippen LogP contribution in [0.1, 0.15) is 0 Å². The Morgan fingerprint density at radius 1 is 1.20 bits per heavy atom. The zero-order valence-corrected chi connectivity index (χ0v) is 8.08. The Hall–Kier alpha value is -2.24. The maximum atomic E-state index is 5.64. The molecule has 0 unspecified atom stereocenters. The molecule has 0 aliphatic rings.